The lowest BCUT2D eigenvalue weighted by Crippen LogP contribution is -2.53. The quantitative estimate of drug-likeness (QED) is 0.873. The van der Waals surface area contributed by atoms with Crippen LogP contribution in [0.1, 0.15) is 19.3 Å². The molecule has 1 aliphatic carbocycles. The average Bonchev–Trinajstić information content (AvgIpc) is 3.10. The summed E-state index contributed by atoms with van der Waals surface area (Å²) in [6.07, 6.45) is 5.00. The summed E-state index contributed by atoms with van der Waals surface area (Å²) in [6, 6.07) is 6.48. The van der Waals surface area contributed by atoms with E-state index in [9.17, 15) is 5.11 Å². The number of aromatic nitrogens is 2. The SMILES string of the molecule is OC1COCC1N1CCN(c2ccc3ncnc(OC4CCC4)c3c2)CC1. The van der Waals surface area contributed by atoms with Crippen LogP contribution in [0.25, 0.3) is 10.9 Å². The fourth-order valence-corrected chi connectivity index (χ4v) is 4.15. The molecule has 1 aromatic carbocycles. The Labute approximate surface area is 158 Å². The van der Waals surface area contributed by atoms with E-state index in [2.05, 4.69) is 38.0 Å². The average molecular weight is 370 g/mol. The van der Waals surface area contributed by atoms with Crippen LogP contribution >= 0.6 is 0 Å². The van der Waals surface area contributed by atoms with Crippen LogP contribution in [0, 0.1) is 0 Å². The third-order valence-electron chi connectivity index (χ3n) is 6.08. The van der Waals surface area contributed by atoms with Crippen molar-refractivity contribution in [1.82, 2.24) is 14.9 Å². The molecular weight excluding hydrogens is 344 g/mol. The van der Waals surface area contributed by atoms with E-state index in [4.69, 9.17) is 9.47 Å². The molecule has 2 saturated heterocycles. The van der Waals surface area contributed by atoms with Crippen molar-refractivity contribution in [3.63, 3.8) is 0 Å². The topological polar surface area (TPSA) is 71.0 Å². The highest BCUT2D eigenvalue weighted by Crippen LogP contribution is 2.31. The van der Waals surface area contributed by atoms with Crippen molar-refractivity contribution in [3.8, 4) is 5.88 Å². The summed E-state index contributed by atoms with van der Waals surface area (Å²) in [6.45, 7) is 4.82. The molecule has 0 radical (unpaired) electrons. The van der Waals surface area contributed by atoms with Crippen LogP contribution in [0.4, 0.5) is 5.69 Å². The van der Waals surface area contributed by atoms with Crippen LogP contribution in [0.2, 0.25) is 0 Å². The fraction of sp³-hybridized carbons (Fsp3) is 0.600. The molecule has 2 aromatic rings. The van der Waals surface area contributed by atoms with E-state index in [0.717, 1.165) is 49.9 Å². The van der Waals surface area contributed by atoms with E-state index in [1.165, 1.54) is 12.1 Å². The summed E-state index contributed by atoms with van der Waals surface area (Å²) < 4.78 is 11.5. The molecule has 3 heterocycles. The highest BCUT2D eigenvalue weighted by atomic mass is 16.5. The molecule has 1 aromatic heterocycles. The molecule has 3 fully saturated rings. The predicted octanol–water partition coefficient (Wildman–Crippen LogP) is 1.44. The highest BCUT2D eigenvalue weighted by Gasteiger charge is 2.33. The number of piperazine rings is 1. The number of aliphatic hydroxyl groups excluding tert-OH is 1. The summed E-state index contributed by atoms with van der Waals surface area (Å²) in [5, 5.41) is 11.1. The van der Waals surface area contributed by atoms with Crippen LogP contribution in [-0.2, 0) is 4.74 Å². The van der Waals surface area contributed by atoms with Crippen molar-refractivity contribution in [3.05, 3.63) is 24.5 Å². The lowest BCUT2D eigenvalue weighted by atomic mass is 9.96. The van der Waals surface area contributed by atoms with Gasteiger partial charge in [0.05, 0.1) is 36.3 Å². The second kappa shape index (κ2) is 7.22. The van der Waals surface area contributed by atoms with Crippen LogP contribution < -0.4 is 9.64 Å². The van der Waals surface area contributed by atoms with Gasteiger partial charge >= 0.3 is 0 Å². The minimum atomic E-state index is -0.361. The number of hydrogen-bond acceptors (Lipinski definition) is 7. The first-order chi connectivity index (χ1) is 13.3. The van der Waals surface area contributed by atoms with Gasteiger partial charge in [-0.1, -0.05) is 0 Å². The molecule has 7 nitrogen and oxygen atoms in total. The normalized spacial score (nSPS) is 27.1. The van der Waals surface area contributed by atoms with E-state index >= 15 is 0 Å². The van der Waals surface area contributed by atoms with Crippen molar-refractivity contribution in [2.45, 2.75) is 37.5 Å². The summed E-state index contributed by atoms with van der Waals surface area (Å²) >= 11 is 0. The molecule has 0 amide bonds. The maximum atomic E-state index is 10.1. The Morgan fingerprint density at radius 3 is 2.63 bits per heavy atom. The van der Waals surface area contributed by atoms with Crippen LogP contribution in [0.5, 0.6) is 5.88 Å². The summed E-state index contributed by atoms with van der Waals surface area (Å²) in [4.78, 5) is 13.5. The molecule has 7 heteroatoms. The smallest absolute Gasteiger partial charge is 0.224 e. The largest absolute Gasteiger partial charge is 0.474 e. The van der Waals surface area contributed by atoms with Crippen molar-refractivity contribution >= 4 is 16.6 Å². The van der Waals surface area contributed by atoms with Gasteiger partial charge in [-0.15, -0.1) is 0 Å². The molecular formula is C20H26N4O3. The molecule has 144 valence electrons. The Balaban J connectivity index is 1.32. The number of fused-ring (bicyclic) bond motifs is 1. The molecule has 2 atom stereocenters. The number of hydrogen-bond donors (Lipinski definition) is 1. The minimum absolute atomic E-state index is 0.139. The highest BCUT2D eigenvalue weighted by molar-refractivity contribution is 5.86. The molecule has 0 bridgehead atoms. The maximum absolute atomic E-state index is 10.1. The van der Waals surface area contributed by atoms with Gasteiger partial charge in [-0.25, -0.2) is 9.97 Å². The Morgan fingerprint density at radius 1 is 1.07 bits per heavy atom. The number of ether oxygens (including phenoxy) is 2. The van der Waals surface area contributed by atoms with Gasteiger partial charge in [0.25, 0.3) is 0 Å². The Hall–Kier alpha value is -1.96. The number of benzene rings is 1. The minimum Gasteiger partial charge on any atom is -0.474 e. The van der Waals surface area contributed by atoms with Crippen LogP contribution in [0.3, 0.4) is 0 Å². The first-order valence-electron chi connectivity index (χ1n) is 9.94. The predicted molar refractivity (Wildman–Crippen MR) is 102 cm³/mol. The van der Waals surface area contributed by atoms with Gasteiger partial charge in [-0.2, -0.15) is 0 Å². The van der Waals surface area contributed by atoms with Crippen molar-refractivity contribution in [2.24, 2.45) is 0 Å². The van der Waals surface area contributed by atoms with E-state index in [1.54, 1.807) is 6.33 Å². The molecule has 3 aliphatic rings. The van der Waals surface area contributed by atoms with Crippen LogP contribution in [0.15, 0.2) is 24.5 Å². The zero-order valence-corrected chi connectivity index (χ0v) is 15.5. The van der Waals surface area contributed by atoms with E-state index in [-0.39, 0.29) is 12.1 Å². The summed E-state index contributed by atoms with van der Waals surface area (Å²) in [7, 11) is 0. The second-order valence-corrected chi connectivity index (χ2v) is 7.75. The number of anilines is 1. The van der Waals surface area contributed by atoms with Gasteiger partial charge in [0.2, 0.25) is 5.88 Å². The van der Waals surface area contributed by atoms with Crippen molar-refractivity contribution in [2.75, 3.05) is 44.3 Å². The van der Waals surface area contributed by atoms with Gasteiger partial charge in [0, 0.05) is 31.9 Å². The fourth-order valence-electron chi connectivity index (χ4n) is 4.15. The molecule has 1 N–H and O–H groups in total. The molecule has 5 rings (SSSR count). The van der Waals surface area contributed by atoms with Crippen molar-refractivity contribution in [1.29, 1.82) is 0 Å². The second-order valence-electron chi connectivity index (χ2n) is 7.75. The van der Waals surface area contributed by atoms with Crippen LogP contribution in [-0.4, -0.2) is 77.6 Å². The Bertz CT molecular complexity index is 805. The Morgan fingerprint density at radius 2 is 1.93 bits per heavy atom. The van der Waals surface area contributed by atoms with Gasteiger partial charge in [0.1, 0.15) is 12.4 Å². The van der Waals surface area contributed by atoms with Crippen molar-refractivity contribution < 1.29 is 14.6 Å². The molecule has 2 aliphatic heterocycles. The first kappa shape index (κ1) is 17.2. The standard InChI is InChI=1S/C20H26N4O3/c25-19-12-26-11-18(19)24-8-6-23(7-9-24)14-4-5-17-16(10-14)20(22-13-21-17)27-15-2-1-3-15/h4-5,10,13,15,18-19,25H,1-3,6-9,11-12H2. The van der Waals surface area contributed by atoms with E-state index < -0.39 is 0 Å². The van der Waals surface area contributed by atoms with Gasteiger partial charge in [0.15, 0.2) is 0 Å². The molecule has 1 saturated carbocycles. The first-order valence-corrected chi connectivity index (χ1v) is 9.94. The third-order valence-corrected chi connectivity index (χ3v) is 6.08. The Kier molecular flexibility index (Phi) is 4.59. The molecule has 2 unspecified atom stereocenters. The number of aliphatic hydroxyl groups is 1. The summed E-state index contributed by atoms with van der Waals surface area (Å²) in [5.74, 6) is 0.705. The van der Waals surface area contributed by atoms with Gasteiger partial charge in [-0.3, -0.25) is 4.90 Å². The van der Waals surface area contributed by atoms with E-state index in [0.29, 0.717) is 25.2 Å². The lowest BCUT2D eigenvalue weighted by molar-refractivity contribution is 0.0785. The zero-order valence-electron chi connectivity index (χ0n) is 15.5. The summed E-state index contributed by atoms with van der Waals surface area (Å²) in [5.41, 5.74) is 2.10. The van der Waals surface area contributed by atoms with E-state index in [1.807, 2.05) is 0 Å². The third kappa shape index (κ3) is 3.35. The lowest BCUT2D eigenvalue weighted by Gasteiger charge is -2.39. The monoisotopic (exact) mass is 370 g/mol. The van der Waals surface area contributed by atoms with Gasteiger partial charge < -0.3 is 19.5 Å². The number of nitrogens with zero attached hydrogens (tertiary/aromatic N) is 4. The molecule has 27 heavy (non-hydrogen) atoms. The number of rotatable bonds is 4. The van der Waals surface area contributed by atoms with Gasteiger partial charge in [-0.05, 0) is 37.5 Å². The molecule has 0 spiro atoms. The zero-order chi connectivity index (χ0) is 18.2. The maximum Gasteiger partial charge on any atom is 0.224 e.